The van der Waals surface area contributed by atoms with E-state index in [0.29, 0.717) is 24.5 Å². The summed E-state index contributed by atoms with van der Waals surface area (Å²) in [5, 5.41) is 0.0519. The highest BCUT2D eigenvalue weighted by molar-refractivity contribution is 6.05. The Hall–Kier alpha value is -4.01. The number of hydrogen-bond acceptors (Lipinski definition) is 5. The second-order valence-electron chi connectivity index (χ2n) is 8.72. The zero-order chi connectivity index (χ0) is 25.1. The minimum atomic E-state index is -0.698. The van der Waals surface area contributed by atoms with Gasteiger partial charge in [0, 0.05) is 38.1 Å². The maximum atomic E-state index is 13.6. The van der Waals surface area contributed by atoms with Crippen LogP contribution in [0.15, 0.2) is 58.6 Å². The molecular weight excluding hydrogens is 446 g/mol. The number of amides is 2. The Morgan fingerprint density at radius 1 is 1.11 bits per heavy atom. The van der Waals surface area contributed by atoms with Gasteiger partial charge in [-0.2, -0.15) is 0 Å². The van der Waals surface area contributed by atoms with Gasteiger partial charge < -0.3 is 9.80 Å². The van der Waals surface area contributed by atoms with Gasteiger partial charge >= 0.3 is 5.69 Å². The molecule has 3 heterocycles. The van der Waals surface area contributed by atoms with E-state index >= 15 is 0 Å². The monoisotopic (exact) mass is 475 g/mol. The number of benzene rings is 1. The van der Waals surface area contributed by atoms with Crippen molar-refractivity contribution in [3.63, 3.8) is 0 Å². The first-order valence-electron chi connectivity index (χ1n) is 11.7. The van der Waals surface area contributed by atoms with Crippen LogP contribution in [-0.4, -0.2) is 50.5 Å². The van der Waals surface area contributed by atoms with Crippen molar-refractivity contribution >= 4 is 28.5 Å². The van der Waals surface area contributed by atoms with Crippen molar-refractivity contribution in [2.45, 2.75) is 32.7 Å². The van der Waals surface area contributed by atoms with Crippen LogP contribution in [0.3, 0.4) is 0 Å². The molecule has 2 amide bonds. The highest BCUT2D eigenvalue weighted by Crippen LogP contribution is 2.19. The molecule has 4 rings (SSSR count). The van der Waals surface area contributed by atoms with Crippen LogP contribution in [0.4, 0.5) is 5.69 Å². The van der Waals surface area contributed by atoms with Crippen LogP contribution in [0.25, 0.3) is 11.0 Å². The van der Waals surface area contributed by atoms with Crippen LogP contribution in [0.5, 0.6) is 0 Å². The van der Waals surface area contributed by atoms with E-state index in [4.69, 9.17) is 0 Å². The summed E-state index contributed by atoms with van der Waals surface area (Å²) in [6.07, 6.45) is 4.45. The van der Waals surface area contributed by atoms with E-state index in [2.05, 4.69) is 11.6 Å². The molecule has 1 aromatic carbocycles. The fraction of sp³-hybridized carbons (Fsp3) is 0.346. The third kappa shape index (κ3) is 4.66. The average molecular weight is 476 g/mol. The molecule has 0 bridgehead atoms. The lowest BCUT2D eigenvalue weighted by Crippen LogP contribution is -2.45. The summed E-state index contributed by atoms with van der Waals surface area (Å²) >= 11 is 0. The predicted molar refractivity (Wildman–Crippen MR) is 135 cm³/mol. The summed E-state index contributed by atoms with van der Waals surface area (Å²) in [6, 6.07) is 10.6. The number of carbonyl (C=O) groups excluding carboxylic acids is 2. The molecule has 0 saturated carbocycles. The first-order valence-corrected chi connectivity index (χ1v) is 11.7. The van der Waals surface area contributed by atoms with Crippen molar-refractivity contribution < 1.29 is 9.59 Å². The molecule has 2 aromatic heterocycles. The highest BCUT2D eigenvalue weighted by Gasteiger charge is 2.26. The molecule has 182 valence electrons. The van der Waals surface area contributed by atoms with E-state index in [1.54, 1.807) is 48.2 Å². The molecule has 1 saturated heterocycles. The second kappa shape index (κ2) is 10.1. The number of nitrogens with zero attached hydrogens (tertiary/aromatic N) is 5. The Morgan fingerprint density at radius 2 is 1.80 bits per heavy atom. The van der Waals surface area contributed by atoms with Crippen molar-refractivity contribution in [2.75, 3.05) is 24.5 Å². The zero-order valence-corrected chi connectivity index (χ0v) is 20.1. The number of para-hydroxylation sites is 1. The molecule has 0 spiro atoms. The van der Waals surface area contributed by atoms with Crippen LogP contribution in [0.2, 0.25) is 0 Å². The standard InChI is InChI=1S/C26H29N5O4/c1-4-13-30(19-11-7-5-8-12-19)21(32)17-31-25(34)22-20(24(33)29-14-9-6-10-15-29)16-18(2)27-23(22)28(3)26(31)35/h4-5,7-8,11-12,16H,1,6,9-10,13-15,17H2,2-3H3. The molecule has 0 aliphatic carbocycles. The number of rotatable bonds is 6. The number of aryl methyl sites for hydroxylation is 2. The molecule has 1 fully saturated rings. The van der Waals surface area contributed by atoms with Gasteiger partial charge in [-0.25, -0.2) is 9.78 Å². The van der Waals surface area contributed by atoms with Crippen LogP contribution >= 0.6 is 0 Å². The first-order chi connectivity index (χ1) is 16.8. The fourth-order valence-electron chi connectivity index (χ4n) is 4.49. The molecule has 0 N–H and O–H groups in total. The molecule has 9 heteroatoms. The summed E-state index contributed by atoms with van der Waals surface area (Å²) in [6.45, 7) is 6.41. The average Bonchev–Trinajstić information content (AvgIpc) is 2.88. The summed E-state index contributed by atoms with van der Waals surface area (Å²) in [7, 11) is 1.49. The third-order valence-electron chi connectivity index (χ3n) is 6.27. The van der Waals surface area contributed by atoms with Crippen molar-refractivity contribution in [1.82, 2.24) is 19.0 Å². The fourth-order valence-corrected chi connectivity index (χ4v) is 4.49. The van der Waals surface area contributed by atoms with Crippen molar-refractivity contribution in [1.29, 1.82) is 0 Å². The molecule has 35 heavy (non-hydrogen) atoms. The van der Waals surface area contributed by atoms with Gasteiger partial charge in [-0.1, -0.05) is 24.3 Å². The maximum absolute atomic E-state index is 13.6. The molecule has 0 unspecified atom stereocenters. The quantitative estimate of drug-likeness (QED) is 0.510. The van der Waals surface area contributed by atoms with Crippen LogP contribution in [-0.2, 0) is 18.4 Å². The minimum absolute atomic E-state index is 0.0519. The Labute approximate surface area is 202 Å². The summed E-state index contributed by atoms with van der Waals surface area (Å²) in [5.41, 5.74) is 0.133. The summed E-state index contributed by atoms with van der Waals surface area (Å²) in [5.74, 6) is -0.704. The van der Waals surface area contributed by atoms with Crippen molar-refractivity contribution in [2.24, 2.45) is 7.05 Å². The molecule has 0 radical (unpaired) electrons. The largest absolute Gasteiger partial charge is 0.339 e. The van der Waals surface area contributed by atoms with Crippen molar-refractivity contribution in [3.8, 4) is 0 Å². The van der Waals surface area contributed by atoms with E-state index in [-0.39, 0.29) is 29.0 Å². The van der Waals surface area contributed by atoms with Crippen molar-refractivity contribution in [3.05, 3.63) is 81.1 Å². The zero-order valence-electron chi connectivity index (χ0n) is 20.1. The van der Waals surface area contributed by atoms with E-state index < -0.39 is 23.7 Å². The van der Waals surface area contributed by atoms with Gasteiger partial charge in [-0.05, 0) is 44.4 Å². The van der Waals surface area contributed by atoms with Gasteiger partial charge in [-0.3, -0.25) is 23.5 Å². The SMILES string of the molecule is C=CCN(C(=O)Cn1c(=O)c2c(C(=O)N3CCCCC3)cc(C)nc2n(C)c1=O)c1ccccc1. The van der Waals surface area contributed by atoms with Gasteiger partial charge in [0.2, 0.25) is 5.91 Å². The Bertz CT molecular complexity index is 1400. The smallest absolute Gasteiger partial charge is 0.332 e. The highest BCUT2D eigenvalue weighted by atomic mass is 16.2. The number of likely N-dealkylation sites (tertiary alicyclic amines) is 1. The van der Waals surface area contributed by atoms with Gasteiger partial charge in [0.1, 0.15) is 12.2 Å². The van der Waals surface area contributed by atoms with Crippen LogP contribution in [0, 0.1) is 6.92 Å². The van der Waals surface area contributed by atoms with Gasteiger partial charge in [0.15, 0.2) is 0 Å². The number of hydrogen-bond donors (Lipinski definition) is 0. The Balaban J connectivity index is 1.83. The van der Waals surface area contributed by atoms with Gasteiger partial charge in [0.25, 0.3) is 11.5 Å². The molecule has 1 aliphatic rings. The number of aromatic nitrogens is 3. The normalized spacial score (nSPS) is 13.6. The first kappa shape index (κ1) is 24.1. The van der Waals surface area contributed by atoms with E-state index in [9.17, 15) is 19.2 Å². The van der Waals surface area contributed by atoms with Crippen LogP contribution < -0.4 is 16.1 Å². The summed E-state index contributed by atoms with van der Waals surface area (Å²) in [4.78, 5) is 61.0. The summed E-state index contributed by atoms with van der Waals surface area (Å²) < 4.78 is 2.11. The number of carbonyl (C=O) groups is 2. The lowest BCUT2D eigenvalue weighted by Gasteiger charge is -2.27. The maximum Gasteiger partial charge on any atom is 0.332 e. The molecule has 9 nitrogen and oxygen atoms in total. The van der Waals surface area contributed by atoms with Gasteiger partial charge in [0.05, 0.1) is 10.9 Å². The second-order valence-corrected chi connectivity index (χ2v) is 8.72. The predicted octanol–water partition coefficient (Wildman–Crippen LogP) is 2.25. The van der Waals surface area contributed by atoms with E-state index in [1.807, 2.05) is 6.07 Å². The van der Waals surface area contributed by atoms with E-state index in [0.717, 1.165) is 23.8 Å². The molecular formula is C26H29N5O4. The number of pyridine rings is 1. The van der Waals surface area contributed by atoms with E-state index in [1.165, 1.54) is 16.5 Å². The Morgan fingerprint density at radius 3 is 2.46 bits per heavy atom. The lowest BCUT2D eigenvalue weighted by molar-refractivity contribution is -0.119. The molecule has 1 aliphatic heterocycles. The molecule has 0 atom stereocenters. The number of anilines is 1. The van der Waals surface area contributed by atoms with Crippen LogP contribution in [0.1, 0.15) is 35.3 Å². The lowest BCUT2D eigenvalue weighted by atomic mass is 10.1. The number of fused-ring (bicyclic) bond motifs is 1. The molecule has 3 aromatic rings. The van der Waals surface area contributed by atoms with Gasteiger partial charge in [-0.15, -0.1) is 6.58 Å². The number of piperidine rings is 1. The topological polar surface area (TPSA) is 97.5 Å². The third-order valence-corrected chi connectivity index (χ3v) is 6.27. The minimum Gasteiger partial charge on any atom is -0.339 e. The Kier molecular flexibility index (Phi) is 6.95.